The molecule has 96 valence electrons. The van der Waals surface area contributed by atoms with Crippen molar-refractivity contribution < 1.29 is 4.74 Å². The summed E-state index contributed by atoms with van der Waals surface area (Å²) in [6.45, 7) is 5.97. The Balaban J connectivity index is 2.20. The monoisotopic (exact) mass is 275 g/mol. The Hall–Kier alpha value is -0.440. The van der Waals surface area contributed by atoms with Crippen LogP contribution in [0, 0.1) is 0 Å². The van der Waals surface area contributed by atoms with Crippen LogP contribution in [0.25, 0.3) is 0 Å². The second kappa shape index (κ2) is 7.80. The van der Waals surface area contributed by atoms with Gasteiger partial charge in [0.2, 0.25) is 0 Å². The minimum absolute atomic E-state index is 0.495. The maximum Gasteiger partial charge on any atom is 0.139 e. The van der Waals surface area contributed by atoms with Crippen molar-refractivity contribution in [2.24, 2.45) is 0 Å². The molecule has 0 unspecified atom stereocenters. The molecule has 0 heterocycles. The number of rotatable bonds is 7. The van der Waals surface area contributed by atoms with E-state index in [1.165, 1.54) is 0 Å². The Labute approximate surface area is 113 Å². The lowest BCUT2D eigenvalue weighted by Gasteiger charge is -2.10. The molecule has 1 aromatic rings. The van der Waals surface area contributed by atoms with Crippen molar-refractivity contribution in [1.82, 2.24) is 5.32 Å². The Morgan fingerprint density at radius 2 is 2.00 bits per heavy atom. The van der Waals surface area contributed by atoms with E-state index in [-0.39, 0.29) is 0 Å². The van der Waals surface area contributed by atoms with Crippen LogP contribution in [-0.4, -0.2) is 19.2 Å². The fourth-order valence-corrected chi connectivity index (χ4v) is 1.74. The molecule has 0 radical (unpaired) electrons. The highest BCUT2D eigenvalue weighted by molar-refractivity contribution is 6.42. The number of hydrogen-bond acceptors (Lipinski definition) is 2. The van der Waals surface area contributed by atoms with Gasteiger partial charge in [0.1, 0.15) is 10.8 Å². The molecule has 17 heavy (non-hydrogen) atoms. The van der Waals surface area contributed by atoms with Gasteiger partial charge in [-0.3, -0.25) is 0 Å². The molecular formula is C13H19Cl2NO. The van der Waals surface area contributed by atoms with Crippen molar-refractivity contribution in [3.05, 3.63) is 28.2 Å². The number of unbranched alkanes of at least 4 members (excludes halogenated alkanes) is 1. The van der Waals surface area contributed by atoms with Crippen LogP contribution >= 0.6 is 23.2 Å². The van der Waals surface area contributed by atoms with Gasteiger partial charge in [0.05, 0.1) is 11.6 Å². The van der Waals surface area contributed by atoms with Gasteiger partial charge in [0.15, 0.2) is 0 Å². The van der Waals surface area contributed by atoms with Crippen molar-refractivity contribution >= 4 is 23.2 Å². The number of halogens is 2. The first kappa shape index (κ1) is 14.6. The molecule has 0 aliphatic heterocycles. The molecule has 0 bridgehead atoms. The number of benzene rings is 1. The zero-order chi connectivity index (χ0) is 12.7. The van der Waals surface area contributed by atoms with Crippen LogP contribution in [0.15, 0.2) is 18.2 Å². The molecule has 2 nitrogen and oxygen atoms in total. The maximum atomic E-state index is 6.01. The highest BCUT2D eigenvalue weighted by atomic mass is 35.5. The summed E-state index contributed by atoms with van der Waals surface area (Å²) >= 11 is 11.9. The first-order valence-electron chi connectivity index (χ1n) is 5.91. The lowest BCUT2D eigenvalue weighted by Crippen LogP contribution is -2.23. The van der Waals surface area contributed by atoms with Crippen molar-refractivity contribution in [3.8, 4) is 5.75 Å². The molecule has 0 aliphatic carbocycles. The fraction of sp³-hybridized carbons (Fsp3) is 0.538. The van der Waals surface area contributed by atoms with Crippen molar-refractivity contribution in [1.29, 1.82) is 0 Å². The SMILES string of the molecule is CC(C)NCCCCOc1cccc(Cl)c1Cl. The van der Waals surface area contributed by atoms with Crippen molar-refractivity contribution in [2.45, 2.75) is 32.7 Å². The molecule has 0 amide bonds. The zero-order valence-electron chi connectivity index (χ0n) is 10.3. The maximum absolute atomic E-state index is 6.01. The Morgan fingerprint density at radius 1 is 1.24 bits per heavy atom. The predicted molar refractivity (Wildman–Crippen MR) is 74.3 cm³/mol. The summed E-state index contributed by atoms with van der Waals surface area (Å²) in [6.07, 6.45) is 2.10. The first-order valence-corrected chi connectivity index (χ1v) is 6.67. The standard InChI is InChI=1S/C13H19Cl2NO/c1-10(2)16-8-3-4-9-17-12-7-5-6-11(14)13(12)15/h5-7,10,16H,3-4,8-9H2,1-2H3. The highest BCUT2D eigenvalue weighted by Gasteiger charge is 2.04. The van der Waals surface area contributed by atoms with Crippen molar-refractivity contribution in [3.63, 3.8) is 0 Å². The molecule has 1 aromatic carbocycles. The minimum Gasteiger partial charge on any atom is -0.492 e. The third kappa shape index (κ3) is 5.62. The van der Waals surface area contributed by atoms with Crippen LogP contribution in [0.1, 0.15) is 26.7 Å². The van der Waals surface area contributed by atoms with Crippen LogP contribution in [-0.2, 0) is 0 Å². The largest absolute Gasteiger partial charge is 0.492 e. The van der Waals surface area contributed by atoms with Gasteiger partial charge in [0.25, 0.3) is 0 Å². The summed E-state index contributed by atoms with van der Waals surface area (Å²) in [6, 6.07) is 5.96. The molecule has 1 rings (SSSR count). The second-order valence-corrected chi connectivity index (χ2v) is 5.00. The van der Waals surface area contributed by atoms with Gasteiger partial charge in [-0.15, -0.1) is 0 Å². The summed E-state index contributed by atoms with van der Waals surface area (Å²) in [5.74, 6) is 0.663. The van der Waals surface area contributed by atoms with E-state index in [1.807, 2.05) is 12.1 Å². The van der Waals surface area contributed by atoms with E-state index in [0.29, 0.717) is 28.4 Å². The van der Waals surface area contributed by atoms with Crippen LogP contribution < -0.4 is 10.1 Å². The zero-order valence-corrected chi connectivity index (χ0v) is 11.8. The third-order valence-electron chi connectivity index (χ3n) is 2.30. The Morgan fingerprint density at radius 3 is 2.71 bits per heavy atom. The average Bonchev–Trinajstić information content (AvgIpc) is 2.28. The predicted octanol–water partition coefficient (Wildman–Crippen LogP) is 4.15. The topological polar surface area (TPSA) is 21.3 Å². The van der Waals surface area contributed by atoms with E-state index in [9.17, 15) is 0 Å². The molecule has 0 saturated heterocycles. The van der Waals surface area contributed by atoms with E-state index < -0.39 is 0 Å². The smallest absolute Gasteiger partial charge is 0.139 e. The van der Waals surface area contributed by atoms with E-state index in [0.717, 1.165) is 19.4 Å². The lowest BCUT2D eigenvalue weighted by molar-refractivity contribution is 0.305. The van der Waals surface area contributed by atoms with E-state index in [2.05, 4.69) is 19.2 Å². The molecule has 4 heteroatoms. The highest BCUT2D eigenvalue weighted by Crippen LogP contribution is 2.31. The van der Waals surface area contributed by atoms with Gasteiger partial charge >= 0.3 is 0 Å². The van der Waals surface area contributed by atoms with Crippen LogP contribution in [0.2, 0.25) is 10.0 Å². The quantitative estimate of drug-likeness (QED) is 0.755. The molecule has 0 saturated carbocycles. The van der Waals surface area contributed by atoms with Crippen molar-refractivity contribution in [2.75, 3.05) is 13.2 Å². The van der Waals surface area contributed by atoms with Crippen LogP contribution in [0.3, 0.4) is 0 Å². The summed E-state index contributed by atoms with van der Waals surface area (Å²) in [4.78, 5) is 0. The van der Waals surface area contributed by atoms with Crippen LogP contribution in [0.5, 0.6) is 5.75 Å². The normalized spacial score (nSPS) is 10.9. The van der Waals surface area contributed by atoms with Crippen LogP contribution in [0.4, 0.5) is 0 Å². The average molecular weight is 276 g/mol. The number of hydrogen-bond donors (Lipinski definition) is 1. The Kier molecular flexibility index (Phi) is 6.71. The fourth-order valence-electron chi connectivity index (χ4n) is 1.40. The summed E-state index contributed by atoms with van der Waals surface area (Å²) in [5.41, 5.74) is 0. The van der Waals surface area contributed by atoms with Gasteiger partial charge in [0, 0.05) is 6.04 Å². The molecule has 0 aliphatic rings. The number of ether oxygens (including phenoxy) is 1. The number of nitrogens with one attached hydrogen (secondary N) is 1. The van der Waals surface area contributed by atoms with E-state index in [1.54, 1.807) is 6.07 Å². The lowest BCUT2D eigenvalue weighted by atomic mass is 10.3. The van der Waals surface area contributed by atoms with E-state index >= 15 is 0 Å². The molecule has 0 spiro atoms. The van der Waals surface area contributed by atoms with Gasteiger partial charge in [-0.25, -0.2) is 0 Å². The van der Waals surface area contributed by atoms with Gasteiger partial charge in [-0.05, 0) is 31.5 Å². The molecule has 0 aromatic heterocycles. The summed E-state index contributed by atoms with van der Waals surface area (Å²) in [5, 5.41) is 4.39. The van der Waals surface area contributed by atoms with E-state index in [4.69, 9.17) is 27.9 Å². The Bertz CT molecular complexity index is 342. The molecular weight excluding hydrogens is 257 g/mol. The van der Waals surface area contributed by atoms with Gasteiger partial charge in [-0.1, -0.05) is 43.1 Å². The molecule has 0 atom stereocenters. The summed E-state index contributed by atoms with van der Waals surface area (Å²) < 4.78 is 5.58. The molecule has 0 fully saturated rings. The third-order valence-corrected chi connectivity index (χ3v) is 3.10. The first-order chi connectivity index (χ1) is 8.11. The molecule has 1 N–H and O–H groups in total. The van der Waals surface area contributed by atoms with Gasteiger partial charge < -0.3 is 10.1 Å². The minimum atomic E-state index is 0.495. The summed E-state index contributed by atoms with van der Waals surface area (Å²) in [7, 11) is 0. The van der Waals surface area contributed by atoms with Gasteiger partial charge in [-0.2, -0.15) is 0 Å². The second-order valence-electron chi connectivity index (χ2n) is 4.22.